The largest absolute Gasteiger partial charge is 0.492 e. The summed E-state index contributed by atoms with van der Waals surface area (Å²) in [6.45, 7) is 2.43. The van der Waals surface area contributed by atoms with E-state index in [1.54, 1.807) is 16.8 Å². The Hall–Kier alpha value is -2.89. The van der Waals surface area contributed by atoms with E-state index in [0.717, 1.165) is 5.69 Å². The van der Waals surface area contributed by atoms with Gasteiger partial charge in [0.05, 0.1) is 17.7 Å². The van der Waals surface area contributed by atoms with Crippen molar-refractivity contribution in [3.63, 3.8) is 0 Å². The molecule has 6 nitrogen and oxygen atoms in total. The second-order valence-corrected chi connectivity index (χ2v) is 4.38. The first kappa shape index (κ1) is 13.1. The van der Waals surface area contributed by atoms with Crippen molar-refractivity contribution in [1.82, 2.24) is 15.0 Å². The van der Waals surface area contributed by atoms with Crippen molar-refractivity contribution in [3.8, 4) is 11.4 Å². The van der Waals surface area contributed by atoms with Crippen LogP contribution in [0.2, 0.25) is 0 Å². The second kappa shape index (κ2) is 5.24. The van der Waals surface area contributed by atoms with Gasteiger partial charge in [0.2, 0.25) is 0 Å². The van der Waals surface area contributed by atoms with Crippen LogP contribution in [0.15, 0.2) is 42.5 Å². The first-order valence-corrected chi connectivity index (χ1v) is 6.52. The number of carbonyl (C=O) groups is 1. The average Bonchev–Trinajstić information content (AvgIpc) is 2.91. The van der Waals surface area contributed by atoms with Crippen LogP contribution in [0.3, 0.4) is 0 Å². The Bertz CT molecular complexity index is 811. The number of hydrogen-bond donors (Lipinski definition) is 1. The van der Waals surface area contributed by atoms with E-state index in [1.807, 2.05) is 31.2 Å². The third-order valence-corrected chi connectivity index (χ3v) is 3.10. The summed E-state index contributed by atoms with van der Waals surface area (Å²) in [5.74, 6) is -0.349. The summed E-state index contributed by atoms with van der Waals surface area (Å²) in [6, 6.07) is 12.4. The molecule has 0 aliphatic rings. The van der Waals surface area contributed by atoms with Crippen molar-refractivity contribution in [2.75, 3.05) is 6.61 Å². The predicted molar refractivity (Wildman–Crippen MR) is 77.0 cm³/mol. The molecule has 0 spiro atoms. The first-order valence-electron chi connectivity index (χ1n) is 6.52. The summed E-state index contributed by atoms with van der Waals surface area (Å²) in [4.78, 5) is 11.2. The van der Waals surface area contributed by atoms with E-state index in [4.69, 9.17) is 4.74 Å². The van der Waals surface area contributed by atoms with Crippen molar-refractivity contribution in [2.24, 2.45) is 0 Å². The van der Waals surface area contributed by atoms with E-state index < -0.39 is 5.97 Å². The van der Waals surface area contributed by atoms with Gasteiger partial charge in [-0.3, -0.25) is 0 Å². The molecule has 21 heavy (non-hydrogen) atoms. The summed E-state index contributed by atoms with van der Waals surface area (Å²) in [5.41, 5.74) is 1.84. The average molecular weight is 283 g/mol. The summed E-state index contributed by atoms with van der Waals surface area (Å²) in [6.07, 6.45) is 0. The number of rotatable bonds is 4. The van der Waals surface area contributed by atoms with Gasteiger partial charge in [0.15, 0.2) is 0 Å². The third kappa shape index (κ3) is 2.20. The van der Waals surface area contributed by atoms with Crippen molar-refractivity contribution in [1.29, 1.82) is 0 Å². The molecular formula is C15H13N3O3. The van der Waals surface area contributed by atoms with E-state index in [9.17, 15) is 9.90 Å². The molecule has 0 radical (unpaired) electrons. The minimum Gasteiger partial charge on any atom is -0.492 e. The molecular weight excluding hydrogens is 270 g/mol. The summed E-state index contributed by atoms with van der Waals surface area (Å²) >= 11 is 0. The van der Waals surface area contributed by atoms with Gasteiger partial charge in [-0.2, -0.15) is 0 Å². The molecule has 1 aromatic heterocycles. The maximum atomic E-state index is 11.2. The molecule has 0 atom stereocenters. The van der Waals surface area contributed by atoms with Crippen LogP contribution in [0.4, 0.5) is 0 Å². The maximum absolute atomic E-state index is 11.2. The highest BCUT2D eigenvalue weighted by Gasteiger charge is 2.16. The Kier molecular flexibility index (Phi) is 3.27. The molecule has 2 aromatic carbocycles. The Morgan fingerprint density at radius 3 is 2.81 bits per heavy atom. The first-order chi connectivity index (χ1) is 10.2. The van der Waals surface area contributed by atoms with Crippen molar-refractivity contribution >= 4 is 17.0 Å². The topological polar surface area (TPSA) is 77.2 Å². The van der Waals surface area contributed by atoms with E-state index >= 15 is 0 Å². The van der Waals surface area contributed by atoms with Crippen molar-refractivity contribution in [2.45, 2.75) is 6.92 Å². The quantitative estimate of drug-likeness (QED) is 0.796. The van der Waals surface area contributed by atoms with Crippen LogP contribution in [0.5, 0.6) is 5.75 Å². The van der Waals surface area contributed by atoms with Gasteiger partial charge in [-0.05, 0) is 31.2 Å². The van der Waals surface area contributed by atoms with E-state index in [-0.39, 0.29) is 5.56 Å². The lowest BCUT2D eigenvalue weighted by atomic mass is 10.2. The van der Waals surface area contributed by atoms with Gasteiger partial charge in [0.25, 0.3) is 0 Å². The molecule has 0 aliphatic heterocycles. The zero-order valence-corrected chi connectivity index (χ0v) is 11.4. The Morgan fingerprint density at radius 1 is 1.24 bits per heavy atom. The molecule has 0 fully saturated rings. The van der Waals surface area contributed by atoms with Gasteiger partial charge in [0, 0.05) is 0 Å². The van der Waals surface area contributed by atoms with Gasteiger partial charge in [-0.1, -0.05) is 23.4 Å². The monoisotopic (exact) mass is 283 g/mol. The number of carboxylic acid groups (broad SMARTS) is 1. The number of nitrogens with zero attached hydrogens (tertiary/aromatic N) is 3. The lowest BCUT2D eigenvalue weighted by Crippen LogP contribution is -2.02. The van der Waals surface area contributed by atoms with Gasteiger partial charge < -0.3 is 9.84 Å². The molecule has 0 saturated heterocycles. The summed E-state index contributed by atoms with van der Waals surface area (Å²) in [5, 5.41) is 17.3. The number of benzene rings is 2. The van der Waals surface area contributed by atoms with Crippen LogP contribution < -0.4 is 4.74 Å². The lowest BCUT2D eigenvalue weighted by Gasteiger charge is -2.09. The highest BCUT2D eigenvalue weighted by Crippen LogP contribution is 2.26. The van der Waals surface area contributed by atoms with E-state index in [1.165, 1.54) is 6.07 Å². The predicted octanol–water partition coefficient (Wildman–Crippen LogP) is 2.52. The standard InChI is InChI=1S/C15H13N3O3/c1-2-21-13-9-4-3-7-11(13)18-12-8-5-6-10(15(19)20)14(12)16-17-18/h3-9H,2H2,1H3,(H,19,20). The van der Waals surface area contributed by atoms with Gasteiger partial charge in [-0.25, -0.2) is 9.48 Å². The number of carboxylic acids is 1. The summed E-state index contributed by atoms with van der Waals surface area (Å²) < 4.78 is 7.17. The van der Waals surface area contributed by atoms with Crippen LogP contribution in [-0.4, -0.2) is 32.7 Å². The number of para-hydroxylation sites is 2. The molecule has 0 unspecified atom stereocenters. The van der Waals surface area contributed by atoms with Gasteiger partial charge in [0.1, 0.15) is 17.0 Å². The van der Waals surface area contributed by atoms with Crippen molar-refractivity contribution in [3.05, 3.63) is 48.0 Å². The van der Waals surface area contributed by atoms with Crippen molar-refractivity contribution < 1.29 is 14.6 Å². The number of hydrogen-bond acceptors (Lipinski definition) is 4. The second-order valence-electron chi connectivity index (χ2n) is 4.38. The smallest absolute Gasteiger partial charge is 0.338 e. The number of fused-ring (bicyclic) bond motifs is 1. The highest BCUT2D eigenvalue weighted by atomic mass is 16.5. The van der Waals surface area contributed by atoms with Crippen LogP contribution >= 0.6 is 0 Å². The molecule has 3 rings (SSSR count). The SMILES string of the molecule is CCOc1ccccc1-n1nnc2c(C(=O)O)cccc21. The normalized spacial score (nSPS) is 10.7. The Balaban J connectivity index is 2.23. The zero-order valence-electron chi connectivity index (χ0n) is 11.4. The molecule has 106 valence electrons. The molecule has 0 aliphatic carbocycles. The molecule has 6 heteroatoms. The van der Waals surface area contributed by atoms with Gasteiger partial charge in [-0.15, -0.1) is 5.10 Å². The Morgan fingerprint density at radius 2 is 2.05 bits per heavy atom. The van der Waals surface area contributed by atoms with Crippen LogP contribution in [-0.2, 0) is 0 Å². The maximum Gasteiger partial charge on any atom is 0.338 e. The number of aromatic nitrogens is 3. The van der Waals surface area contributed by atoms with Gasteiger partial charge >= 0.3 is 5.97 Å². The molecule has 1 N–H and O–H groups in total. The fraction of sp³-hybridized carbons (Fsp3) is 0.133. The fourth-order valence-corrected chi connectivity index (χ4v) is 2.21. The van der Waals surface area contributed by atoms with Crippen LogP contribution in [0, 0.1) is 0 Å². The zero-order chi connectivity index (χ0) is 14.8. The van der Waals surface area contributed by atoms with E-state index in [0.29, 0.717) is 23.4 Å². The summed E-state index contributed by atoms with van der Waals surface area (Å²) in [7, 11) is 0. The fourth-order valence-electron chi connectivity index (χ4n) is 2.21. The molecule has 1 heterocycles. The number of ether oxygens (including phenoxy) is 1. The molecule has 3 aromatic rings. The molecule has 0 bridgehead atoms. The van der Waals surface area contributed by atoms with E-state index in [2.05, 4.69) is 10.3 Å². The molecule has 0 saturated carbocycles. The lowest BCUT2D eigenvalue weighted by molar-refractivity contribution is 0.0699. The third-order valence-electron chi connectivity index (χ3n) is 3.10. The van der Waals surface area contributed by atoms with Crippen LogP contribution in [0.1, 0.15) is 17.3 Å². The highest BCUT2D eigenvalue weighted by molar-refractivity contribution is 6.01. The minimum atomic E-state index is -1.02. The van der Waals surface area contributed by atoms with Crippen LogP contribution in [0.25, 0.3) is 16.7 Å². The molecule has 0 amide bonds. The Labute approximate surface area is 120 Å². The minimum absolute atomic E-state index is 0.132. The number of aromatic carboxylic acids is 1.